The zero-order valence-electron chi connectivity index (χ0n) is 16.5. The molecule has 154 valence electrons. The fourth-order valence-electron chi connectivity index (χ4n) is 3.26. The van der Waals surface area contributed by atoms with Gasteiger partial charge in [0.15, 0.2) is 0 Å². The summed E-state index contributed by atoms with van der Waals surface area (Å²) in [7, 11) is 1.60. The number of amides is 1. The second-order valence-electron chi connectivity index (χ2n) is 6.65. The van der Waals surface area contributed by atoms with E-state index in [0.717, 1.165) is 30.0 Å². The summed E-state index contributed by atoms with van der Waals surface area (Å²) in [5.74, 6) is 0.684. The van der Waals surface area contributed by atoms with Crippen LogP contribution in [0, 0.1) is 6.92 Å². The van der Waals surface area contributed by atoms with E-state index in [1.54, 1.807) is 30.1 Å². The monoisotopic (exact) mass is 417 g/mol. The molecule has 2 aromatic rings. The van der Waals surface area contributed by atoms with Gasteiger partial charge in [0.1, 0.15) is 12.3 Å². The average molecular weight is 418 g/mol. The molecule has 29 heavy (non-hydrogen) atoms. The molecule has 0 spiro atoms. The van der Waals surface area contributed by atoms with E-state index in [2.05, 4.69) is 15.2 Å². The lowest BCUT2D eigenvalue weighted by Crippen LogP contribution is -2.49. The first-order chi connectivity index (χ1) is 14.0. The number of methoxy groups -OCH3 is 1. The van der Waals surface area contributed by atoms with Crippen LogP contribution in [0.5, 0.6) is 5.75 Å². The lowest BCUT2D eigenvalue weighted by Gasteiger charge is -2.36. The number of rotatable bonds is 6. The molecular formula is C20H24ClN5O3. The lowest BCUT2D eigenvalue weighted by molar-refractivity contribution is -0.132. The maximum Gasteiger partial charge on any atom is 0.244 e. The Balaban J connectivity index is 1.58. The third-order valence-electron chi connectivity index (χ3n) is 4.99. The van der Waals surface area contributed by atoms with Crippen LogP contribution in [0.1, 0.15) is 11.3 Å². The van der Waals surface area contributed by atoms with E-state index >= 15 is 0 Å². The zero-order valence-corrected chi connectivity index (χ0v) is 17.2. The molecule has 0 atom stereocenters. The Morgan fingerprint density at radius 3 is 2.79 bits per heavy atom. The number of piperazine rings is 1. The number of benzene rings is 1. The van der Waals surface area contributed by atoms with Gasteiger partial charge in [-0.25, -0.2) is 0 Å². The predicted molar refractivity (Wildman–Crippen MR) is 113 cm³/mol. The fraction of sp³-hybridized carbons (Fsp3) is 0.350. The van der Waals surface area contributed by atoms with Crippen LogP contribution in [0.2, 0.25) is 5.02 Å². The predicted octanol–water partition coefficient (Wildman–Crippen LogP) is 2.68. The molecule has 0 bridgehead atoms. The van der Waals surface area contributed by atoms with Crippen molar-refractivity contribution in [3.05, 3.63) is 46.8 Å². The first-order valence-corrected chi connectivity index (χ1v) is 9.64. The number of ether oxygens (including phenoxy) is 1. The Bertz CT molecular complexity index is 917. The number of carbonyl (C=O) groups is 1. The van der Waals surface area contributed by atoms with Gasteiger partial charge in [0, 0.05) is 49.2 Å². The van der Waals surface area contributed by atoms with Crippen molar-refractivity contribution < 1.29 is 14.7 Å². The number of aromatic nitrogens is 2. The van der Waals surface area contributed by atoms with Crippen LogP contribution in [0.25, 0.3) is 6.08 Å². The molecule has 9 heteroatoms. The van der Waals surface area contributed by atoms with Crippen molar-refractivity contribution in [1.82, 2.24) is 14.7 Å². The third kappa shape index (κ3) is 4.89. The van der Waals surface area contributed by atoms with Crippen molar-refractivity contribution in [1.29, 1.82) is 0 Å². The first-order valence-electron chi connectivity index (χ1n) is 9.26. The third-order valence-corrected chi connectivity index (χ3v) is 5.30. The average Bonchev–Trinajstić information content (AvgIpc) is 3.08. The number of hydrogen-bond acceptors (Lipinski definition) is 6. The number of halogens is 1. The van der Waals surface area contributed by atoms with Crippen LogP contribution < -0.4 is 9.64 Å². The molecule has 2 heterocycles. The van der Waals surface area contributed by atoms with Gasteiger partial charge >= 0.3 is 0 Å². The maximum atomic E-state index is 12.7. The summed E-state index contributed by atoms with van der Waals surface area (Å²) in [6, 6.07) is 5.71. The highest BCUT2D eigenvalue weighted by Crippen LogP contribution is 2.29. The van der Waals surface area contributed by atoms with Gasteiger partial charge in [0.05, 0.1) is 24.5 Å². The van der Waals surface area contributed by atoms with Crippen molar-refractivity contribution in [2.24, 2.45) is 5.16 Å². The lowest BCUT2D eigenvalue weighted by atomic mass is 10.2. The van der Waals surface area contributed by atoms with Crippen molar-refractivity contribution in [2.75, 3.05) is 38.2 Å². The van der Waals surface area contributed by atoms with E-state index in [-0.39, 0.29) is 12.5 Å². The standard InChI is InChI=1S/C20H24ClN5O3/c1-15-16(4-3-7-23-28)13-22-26(15)14-20(27)25-10-8-24(9-11-25)17-5-6-18(21)19(12-17)29-2/h3-7,12-13,28H,8-11,14H2,1-2H3/b4-3-,23-7+. The first kappa shape index (κ1) is 20.7. The van der Waals surface area contributed by atoms with Gasteiger partial charge < -0.3 is 19.7 Å². The molecule has 1 aromatic carbocycles. The van der Waals surface area contributed by atoms with Gasteiger partial charge in [-0.2, -0.15) is 5.10 Å². The van der Waals surface area contributed by atoms with Crippen LogP contribution in [0.15, 0.2) is 35.6 Å². The fourth-order valence-corrected chi connectivity index (χ4v) is 3.45. The molecule has 3 rings (SSSR count). The van der Waals surface area contributed by atoms with Gasteiger partial charge in [0.25, 0.3) is 0 Å². The van der Waals surface area contributed by atoms with Gasteiger partial charge in [-0.3, -0.25) is 9.48 Å². The summed E-state index contributed by atoms with van der Waals surface area (Å²) in [4.78, 5) is 16.8. The van der Waals surface area contributed by atoms with Crippen molar-refractivity contribution in [3.63, 3.8) is 0 Å². The molecule has 1 aliphatic rings. The number of hydrogen-bond donors (Lipinski definition) is 1. The molecule has 0 aliphatic carbocycles. The smallest absolute Gasteiger partial charge is 0.244 e. The molecule has 1 N–H and O–H groups in total. The highest BCUT2D eigenvalue weighted by Gasteiger charge is 2.22. The maximum absolute atomic E-state index is 12.7. The van der Waals surface area contributed by atoms with Crippen LogP contribution in [0.3, 0.4) is 0 Å². The minimum atomic E-state index is 0.0389. The van der Waals surface area contributed by atoms with Gasteiger partial charge in [-0.15, -0.1) is 0 Å². The van der Waals surface area contributed by atoms with Gasteiger partial charge in [-0.1, -0.05) is 16.8 Å². The SMILES string of the molecule is COc1cc(N2CCN(C(=O)Cn3ncc(/C=C\C=N\O)c3C)CC2)ccc1Cl. The van der Waals surface area contributed by atoms with E-state index in [1.165, 1.54) is 6.21 Å². The summed E-state index contributed by atoms with van der Waals surface area (Å²) in [6.45, 7) is 4.87. The van der Waals surface area contributed by atoms with Crippen molar-refractivity contribution in [3.8, 4) is 5.75 Å². The largest absolute Gasteiger partial charge is 0.495 e. The number of anilines is 1. The molecule has 1 fully saturated rings. The second kappa shape index (κ2) is 9.47. The van der Waals surface area contributed by atoms with E-state index in [9.17, 15) is 4.79 Å². The molecule has 1 aromatic heterocycles. The number of carbonyl (C=O) groups excluding carboxylic acids is 1. The molecule has 0 saturated carbocycles. The quantitative estimate of drug-likeness (QED) is 0.444. The molecule has 1 amide bonds. The van der Waals surface area contributed by atoms with Gasteiger partial charge in [-0.05, 0) is 31.2 Å². The zero-order chi connectivity index (χ0) is 20.8. The molecule has 0 unspecified atom stereocenters. The summed E-state index contributed by atoms with van der Waals surface area (Å²) < 4.78 is 6.98. The number of nitrogens with zero attached hydrogens (tertiary/aromatic N) is 5. The Kier molecular flexibility index (Phi) is 6.77. The minimum absolute atomic E-state index is 0.0389. The van der Waals surface area contributed by atoms with Crippen LogP contribution >= 0.6 is 11.6 Å². The number of oxime groups is 1. The molecule has 1 saturated heterocycles. The van der Waals surface area contributed by atoms with Crippen LogP contribution in [-0.2, 0) is 11.3 Å². The van der Waals surface area contributed by atoms with E-state index < -0.39 is 0 Å². The Labute approximate surface area is 174 Å². The van der Waals surface area contributed by atoms with E-state index in [4.69, 9.17) is 21.5 Å². The highest BCUT2D eigenvalue weighted by atomic mass is 35.5. The molecule has 1 aliphatic heterocycles. The second-order valence-corrected chi connectivity index (χ2v) is 7.06. The van der Waals surface area contributed by atoms with Crippen LogP contribution in [-0.4, -0.2) is 65.3 Å². The highest BCUT2D eigenvalue weighted by molar-refractivity contribution is 6.32. The Morgan fingerprint density at radius 1 is 1.34 bits per heavy atom. The topological polar surface area (TPSA) is 83.2 Å². The Hall–Kier alpha value is -3.00. The van der Waals surface area contributed by atoms with Gasteiger partial charge in [0.2, 0.25) is 5.91 Å². The summed E-state index contributed by atoms with van der Waals surface area (Å²) in [5, 5.41) is 16.2. The summed E-state index contributed by atoms with van der Waals surface area (Å²) in [6.07, 6.45) is 6.36. The molecular weight excluding hydrogens is 394 g/mol. The van der Waals surface area contributed by atoms with Crippen LogP contribution in [0.4, 0.5) is 5.69 Å². The summed E-state index contributed by atoms with van der Waals surface area (Å²) in [5.41, 5.74) is 2.79. The van der Waals surface area contributed by atoms with E-state index in [0.29, 0.717) is 23.9 Å². The number of allylic oxidation sites excluding steroid dienone is 1. The normalized spacial score (nSPS) is 14.9. The van der Waals surface area contributed by atoms with Crippen molar-refractivity contribution >= 4 is 35.5 Å². The molecule has 0 radical (unpaired) electrons. The van der Waals surface area contributed by atoms with E-state index in [1.807, 2.05) is 30.0 Å². The van der Waals surface area contributed by atoms with Crippen molar-refractivity contribution in [2.45, 2.75) is 13.5 Å². The molecule has 8 nitrogen and oxygen atoms in total. The Morgan fingerprint density at radius 2 is 2.10 bits per heavy atom. The summed E-state index contributed by atoms with van der Waals surface area (Å²) >= 11 is 6.10. The minimum Gasteiger partial charge on any atom is -0.495 e.